The molecule has 82 valence electrons. The van der Waals surface area contributed by atoms with Gasteiger partial charge in [-0.3, -0.25) is 9.59 Å². The van der Waals surface area contributed by atoms with Crippen molar-refractivity contribution < 1.29 is 15.0 Å². The number of carbonyl (C=O) groups is 1. The van der Waals surface area contributed by atoms with Crippen molar-refractivity contribution in [2.24, 2.45) is 5.73 Å². The van der Waals surface area contributed by atoms with Gasteiger partial charge in [0.1, 0.15) is 6.10 Å². The minimum absolute atomic E-state index is 0.105. The van der Waals surface area contributed by atoms with E-state index in [4.69, 9.17) is 5.73 Å². The number of aromatic amines is 1. The number of primary amides is 1. The number of nitrogens with two attached hydrogens (primary N) is 1. The van der Waals surface area contributed by atoms with Crippen molar-refractivity contribution in [1.29, 1.82) is 0 Å². The Labute approximate surface area is 84.6 Å². The molecule has 7 nitrogen and oxygen atoms in total. The van der Waals surface area contributed by atoms with Gasteiger partial charge in [0, 0.05) is 6.20 Å². The quantitative estimate of drug-likeness (QED) is 0.461. The lowest BCUT2D eigenvalue weighted by atomic mass is 10.0. The van der Waals surface area contributed by atoms with Gasteiger partial charge >= 0.3 is 0 Å². The van der Waals surface area contributed by atoms with E-state index in [0.29, 0.717) is 0 Å². The summed E-state index contributed by atoms with van der Waals surface area (Å²) >= 11 is 0. The van der Waals surface area contributed by atoms with Crippen molar-refractivity contribution in [2.75, 3.05) is 0 Å². The van der Waals surface area contributed by atoms with Crippen molar-refractivity contribution in [3.63, 3.8) is 0 Å². The highest BCUT2D eigenvalue weighted by molar-refractivity contribution is 5.74. The van der Waals surface area contributed by atoms with Gasteiger partial charge in [0.05, 0.1) is 24.4 Å². The first-order chi connectivity index (χ1) is 7.02. The Hall–Kier alpha value is -1.73. The summed E-state index contributed by atoms with van der Waals surface area (Å²) in [5.74, 6) is -0.762. The molecule has 0 aliphatic rings. The number of aromatic nitrogens is 2. The second kappa shape index (κ2) is 4.67. The number of hydrogen-bond donors (Lipinski definition) is 4. The fourth-order valence-corrected chi connectivity index (χ4v) is 1.09. The van der Waals surface area contributed by atoms with E-state index in [-0.39, 0.29) is 5.56 Å². The van der Waals surface area contributed by atoms with E-state index in [9.17, 15) is 19.8 Å². The van der Waals surface area contributed by atoms with Gasteiger partial charge in [-0.2, -0.15) is 0 Å². The number of aliphatic hydroxyl groups is 2. The lowest BCUT2D eigenvalue weighted by Crippen LogP contribution is -2.29. The molecule has 0 fully saturated rings. The van der Waals surface area contributed by atoms with Crippen LogP contribution in [0.1, 0.15) is 18.1 Å². The van der Waals surface area contributed by atoms with Crippen molar-refractivity contribution >= 4 is 5.91 Å². The van der Waals surface area contributed by atoms with Crippen LogP contribution in [0.4, 0.5) is 0 Å². The van der Waals surface area contributed by atoms with E-state index in [2.05, 4.69) is 9.97 Å². The van der Waals surface area contributed by atoms with Crippen LogP contribution in [-0.2, 0) is 4.79 Å². The molecule has 2 unspecified atom stereocenters. The maximum absolute atomic E-state index is 11.2. The summed E-state index contributed by atoms with van der Waals surface area (Å²) in [5.41, 5.74) is 4.16. The number of hydrogen-bond acceptors (Lipinski definition) is 5. The molecule has 0 saturated heterocycles. The Morgan fingerprint density at radius 1 is 1.60 bits per heavy atom. The van der Waals surface area contributed by atoms with E-state index in [1.165, 1.54) is 0 Å². The number of carbonyl (C=O) groups excluding carboxylic acids is 1. The number of aliphatic hydroxyl groups excluding tert-OH is 2. The molecule has 0 bridgehead atoms. The lowest BCUT2D eigenvalue weighted by molar-refractivity contribution is -0.121. The molecule has 2 atom stereocenters. The first-order valence-corrected chi connectivity index (χ1v) is 4.19. The van der Waals surface area contributed by atoms with Crippen LogP contribution in [0.5, 0.6) is 0 Å². The van der Waals surface area contributed by atoms with Crippen LogP contribution in [0.2, 0.25) is 0 Å². The molecule has 0 radical (unpaired) electrons. The summed E-state index contributed by atoms with van der Waals surface area (Å²) in [6.07, 6.45) is -1.04. The Bertz CT molecular complexity index is 403. The molecule has 1 aromatic rings. The van der Waals surface area contributed by atoms with E-state index in [0.717, 1.165) is 12.5 Å². The van der Waals surface area contributed by atoms with Gasteiger partial charge in [-0.1, -0.05) is 0 Å². The normalized spacial score (nSPS) is 14.5. The van der Waals surface area contributed by atoms with Gasteiger partial charge in [-0.15, -0.1) is 0 Å². The molecule has 0 saturated carbocycles. The second-order valence-corrected chi connectivity index (χ2v) is 3.02. The maximum atomic E-state index is 11.2. The Kier molecular flexibility index (Phi) is 3.53. The minimum atomic E-state index is -1.48. The molecule has 0 aromatic carbocycles. The van der Waals surface area contributed by atoms with E-state index in [1.54, 1.807) is 0 Å². The SMILES string of the molecule is NC(=O)CC(O)C(O)c1cnc[nH]c1=O. The Morgan fingerprint density at radius 2 is 2.27 bits per heavy atom. The van der Waals surface area contributed by atoms with E-state index >= 15 is 0 Å². The first-order valence-electron chi connectivity index (χ1n) is 4.19. The van der Waals surface area contributed by atoms with E-state index in [1.807, 2.05) is 0 Å². The maximum Gasteiger partial charge on any atom is 0.256 e. The summed E-state index contributed by atoms with van der Waals surface area (Å²) in [7, 11) is 0. The van der Waals surface area contributed by atoms with Gasteiger partial charge in [0.2, 0.25) is 5.91 Å². The lowest BCUT2D eigenvalue weighted by Gasteiger charge is -2.15. The van der Waals surface area contributed by atoms with Crippen LogP contribution in [0.3, 0.4) is 0 Å². The van der Waals surface area contributed by atoms with Gasteiger partial charge in [-0.25, -0.2) is 4.98 Å². The van der Waals surface area contributed by atoms with Gasteiger partial charge in [0.15, 0.2) is 0 Å². The largest absolute Gasteiger partial charge is 0.390 e. The Morgan fingerprint density at radius 3 is 2.80 bits per heavy atom. The summed E-state index contributed by atoms with van der Waals surface area (Å²) in [6, 6.07) is 0. The molecule has 1 aromatic heterocycles. The van der Waals surface area contributed by atoms with Gasteiger partial charge < -0.3 is 20.9 Å². The second-order valence-electron chi connectivity index (χ2n) is 3.02. The highest BCUT2D eigenvalue weighted by Gasteiger charge is 2.22. The third-order valence-corrected chi connectivity index (χ3v) is 1.84. The first kappa shape index (κ1) is 11.3. The monoisotopic (exact) mass is 213 g/mol. The van der Waals surface area contributed by atoms with Gasteiger partial charge in [-0.05, 0) is 0 Å². The van der Waals surface area contributed by atoms with Crippen LogP contribution >= 0.6 is 0 Å². The molecule has 0 aliphatic carbocycles. The van der Waals surface area contributed by atoms with Crippen molar-refractivity contribution in [2.45, 2.75) is 18.6 Å². The summed E-state index contributed by atoms with van der Waals surface area (Å²) < 4.78 is 0. The number of nitrogens with one attached hydrogen (secondary N) is 1. The third-order valence-electron chi connectivity index (χ3n) is 1.84. The van der Waals surface area contributed by atoms with Crippen LogP contribution in [0, 0.1) is 0 Å². The molecular weight excluding hydrogens is 202 g/mol. The fourth-order valence-electron chi connectivity index (χ4n) is 1.09. The van der Waals surface area contributed by atoms with Crippen LogP contribution < -0.4 is 11.3 Å². The fraction of sp³-hybridized carbons (Fsp3) is 0.375. The molecule has 0 spiro atoms. The zero-order valence-corrected chi connectivity index (χ0v) is 7.75. The summed E-state index contributed by atoms with van der Waals surface area (Å²) in [4.78, 5) is 27.5. The van der Waals surface area contributed by atoms with Gasteiger partial charge in [0.25, 0.3) is 5.56 Å². The predicted molar refractivity (Wildman–Crippen MR) is 49.6 cm³/mol. The van der Waals surface area contributed by atoms with E-state index < -0.39 is 30.1 Å². The average molecular weight is 213 g/mol. The summed E-state index contributed by atoms with van der Waals surface area (Å²) in [5, 5.41) is 18.8. The number of rotatable bonds is 4. The number of amides is 1. The number of H-pyrrole nitrogens is 1. The van der Waals surface area contributed by atoms with Crippen molar-refractivity contribution in [1.82, 2.24) is 9.97 Å². The zero-order chi connectivity index (χ0) is 11.4. The molecular formula is C8H11N3O4. The smallest absolute Gasteiger partial charge is 0.256 e. The predicted octanol–water partition coefficient (Wildman–Crippen LogP) is -1.96. The zero-order valence-electron chi connectivity index (χ0n) is 7.75. The molecule has 15 heavy (non-hydrogen) atoms. The molecule has 0 aliphatic heterocycles. The molecule has 1 rings (SSSR count). The molecule has 7 heteroatoms. The molecule has 5 N–H and O–H groups in total. The average Bonchev–Trinajstić information content (AvgIpc) is 2.16. The van der Waals surface area contributed by atoms with Crippen LogP contribution in [-0.4, -0.2) is 32.2 Å². The molecule has 1 heterocycles. The minimum Gasteiger partial charge on any atom is -0.390 e. The highest BCUT2D eigenvalue weighted by atomic mass is 16.3. The number of nitrogens with zero attached hydrogens (tertiary/aromatic N) is 1. The topological polar surface area (TPSA) is 129 Å². The van der Waals surface area contributed by atoms with Crippen LogP contribution in [0.15, 0.2) is 17.3 Å². The Balaban J connectivity index is 2.85. The highest BCUT2D eigenvalue weighted by Crippen LogP contribution is 2.13. The third kappa shape index (κ3) is 2.86. The van der Waals surface area contributed by atoms with Crippen molar-refractivity contribution in [3.05, 3.63) is 28.4 Å². The molecule has 1 amide bonds. The standard InChI is InChI=1S/C8H11N3O4/c9-6(13)1-5(12)7(14)4-2-10-3-11-8(4)15/h2-3,5,7,12,14H,1H2,(H2,9,13)(H,10,11,15). The van der Waals surface area contributed by atoms with Crippen molar-refractivity contribution in [3.8, 4) is 0 Å². The van der Waals surface area contributed by atoms with Crippen LogP contribution in [0.25, 0.3) is 0 Å². The summed E-state index contributed by atoms with van der Waals surface area (Å²) in [6.45, 7) is 0.